The van der Waals surface area contributed by atoms with Crippen molar-refractivity contribution in [2.75, 3.05) is 0 Å². The first-order chi connectivity index (χ1) is 9.30. The fraction of sp³-hybridized carbons (Fsp3) is 0.500. The Morgan fingerprint density at radius 1 is 1.35 bits per heavy atom. The van der Waals surface area contributed by atoms with E-state index in [1.54, 1.807) is 6.92 Å². The summed E-state index contributed by atoms with van der Waals surface area (Å²) in [5.41, 5.74) is -1.98. The van der Waals surface area contributed by atoms with Crippen LogP contribution in [0.25, 0.3) is 0 Å². The molecule has 20 heavy (non-hydrogen) atoms. The number of alkyl halides is 3. The molecule has 1 fully saturated rings. The van der Waals surface area contributed by atoms with Gasteiger partial charge in [-0.2, -0.15) is 13.2 Å². The molecule has 1 aromatic rings. The van der Waals surface area contributed by atoms with Gasteiger partial charge in [0.15, 0.2) is 0 Å². The summed E-state index contributed by atoms with van der Waals surface area (Å²) in [6.45, 7) is 1.78. The van der Waals surface area contributed by atoms with Crippen molar-refractivity contribution >= 4 is 5.91 Å². The first-order valence-electron chi connectivity index (χ1n) is 6.47. The van der Waals surface area contributed by atoms with Crippen LogP contribution in [-0.4, -0.2) is 11.9 Å². The molecule has 0 saturated heterocycles. The molecule has 0 radical (unpaired) electrons. The Bertz CT molecular complexity index is 508. The number of carbonyl (C=O) groups is 1. The monoisotopic (exact) mass is 289 g/mol. The number of rotatable bonds is 3. The second-order valence-electron chi connectivity index (χ2n) is 5.12. The van der Waals surface area contributed by atoms with Crippen LogP contribution in [0.2, 0.25) is 0 Å². The highest BCUT2D eigenvalue weighted by atomic mass is 19.4. The van der Waals surface area contributed by atoms with E-state index in [0.29, 0.717) is 12.0 Å². The average Bonchev–Trinajstić information content (AvgIpc) is 2.24. The zero-order chi connectivity index (χ0) is 14.9. The van der Waals surface area contributed by atoms with Gasteiger partial charge in [0.05, 0.1) is 11.1 Å². The normalized spacial score (nSPS) is 17.4. The van der Waals surface area contributed by atoms with Gasteiger partial charge in [0.25, 0.3) is 5.91 Å². The van der Waals surface area contributed by atoms with Crippen molar-refractivity contribution in [3.05, 3.63) is 35.1 Å². The molecule has 1 aromatic carbocycles. The van der Waals surface area contributed by atoms with Crippen LogP contribution in [0.4, 0.5) is 17.6 Å². The predicted octanol–water partition coefficient (Wildman–Crippen LogP) is 3.76. The minimum atomic E-state index is -4.81. The van der Waals surface area contributed by atoms with Crippen LogP contribution in [0.1, 0.15) is 42.1 Å². The molecule has 110 valence electrons. The molecule has 1 N–H and O–H groups in total. The van der Waals surface area contributed by atoms with E-state index >= 15 is 0 Å². The molecule has 1 atom stereocenters. The summed E-state index contributed by atoms with van der Waals surface area (Å²) in [6.07, 6.45) is -1.76. The SMILES string of the molecule is CC(NC(=O)c1cccc(C(F)(F)F)c1F)C1CCC1. The molecule has 1 unspecified atom stereocenters. The van der Waals surface area contributed by atoms with Crippen LogP contribution in [-0.2, 0) is 6.18 Å². The summed E-state index contributed by atoms with van der Waals surface area (Å²) in [5, 5.41) is 2.57. The van der Waals surface area contributed by atoms with Gasteiger partial charge in [-0.1, -0.05) is 12.5 Å². The fourth-order valence-electron chi connectivity index (χ4n) is 2.27. The molecule has 6 heteroatoms. The Morgan fingerprint density at radius 2 is 2.00 bits per heavy atom. The standard InChI is InChI=1S/C14H15F4NO/c1-8(9-4-2-5-9)19-13(20)10-6-3-7-11(12(10)15)14(16,17)18/h3,6-9H,2,4-5H2,1H3,(H,19,20). The summed E-state index contributed by atoms with van der Waals surface area (Å²) in [6, 6.07) is 2.56. The molecule has 1 saturated carbocycles. The van der Waals surface area contributed by atoms with Gasteiger partial charge in [-0.25, -0.2) is 4.39 Å². The molecule has 2 nitrogen and oxygen atoms in total. The number of hydrogen-bond donors (Lipinski definition) is 1. The molecule has 0 spiro atoms. The first kappa shape index (κ1) is 14.8. The lowest BCUT2D eigenvalue weighted by molar-refractivity contribution is -0.140. The van der Waals surface area contributed by atoms with Gasteiger partial charge in [0.1, 0.15) is 5.82 Å². The number of amides is 1. The molecule has 2 rings (SSSR count). The van der Waals surface area contributed by atoms with E-state index in [1.165, 1.54) is 0 Å². The van der Waals surface area contributed by atoms with Crippen molar-refractivity contribution in [3.8, 4) is 0 Å². The third kappa shape index (κ3) is 2.94. The van der Waals surface area contributed by atoms with Crippen molar-refractivity contribution < 1.29 is 22.4 Å². The van der Waals surface area contributed by atoms with Crippen molar-refractivity contribution in [3.63, 3.8) is 0 Å². The van der Waals surface area contributed by atoms with Crippen molar-refractivity contribution in [2.24, 2.45) is 5.92 Å². The highest BCUT2D eigenvalue weighted by Gasteiger charge is 2.36. The third-order valence-electron chi connectivity index (χ3n) is 3.76. The van der Waals surface area contributed by atoms with E-state index in [-0.39, 0.29) is 6.04 Å². The molecule has 1 amide bonds. The lowest BCUT2D eigenvalue weighted by Crippen LogP contribution is -2.41. The molecule has 1 aliphatic carbocycles. The molecule has 0 aliphatic heterocycles. The van der Waals surface area contributed by atoms with Crippen LogP contribution in [0.3, 0.4) is 0 Å². The number of carbonyl (C=O) groups excluding carboxylic acids is 1. The Labute approximate surface area is 114 Å². The van der Waals surface area contributed by atoms with Crippen molar-refractivity contribution in [2.45, 2.75) is 38.4 Å². The summed E-state index contributed by atoms with van der Waals surface area (Å²) in [5.74, 6) is -1.99. The maximum absolute atomic E-state index is 13.8. The summed E-state index contributed by atoms with van der Waals surface area (Å²) in [7, 11) is 0. The number of nitrogens with one attached hydrogen (secondary N) is 1. The maximum Gasteiger partial charge on any atom is 0.419 e. The van der Waals surface area contributed by atoms with E-state index < -0.39 is 29.0 Å². The number of halogens is 4. The second kappa shape index (κ2) is 5.42. The number of hydrogen-bond acceptors (Lipinski definition) is 1. The van der Waals surface area contributed by atoms with E-state index in [0.717, 1.165) is 31.4 Å². The largest absolute Gasteiger partial charge is 0.419 e. The van der Waals surface area contributed by atoms with Gasteiger partial charge in [-0.15, -0.1) is 0 Å². The van der Waals surface area contributed by atoms with Crippen LogP contribution in [0.5, 0.6) is 0 Å². The van der Waals surface area contributed by atoms with E-state index in [1.807, 2.05) is 0 Å². The summed E-state index contributed by atoms with van der Waals surface area (Å²) >= 11 is 0. The third-order valence-corrected chi connectivity index (χ3v) is 3.76. The van der Waals surface area contributed by atoms with Gasteiger partial charge in [0, 0.05) is 6.04 Å². The Balaban J connectivity index is 2.17. The molecule has 0 bridgehead atoms. The molecular formula is C14H15F4NO. The molecular weight excluding hydrogens is 274 g/mol. The lowest BCUT2D eigenvalue weighted by atomic mass is 9.80. The Kier molecular flexibility index (Phi) is 4.01. The van der Waals surface area contributed by atoms with Gasteiger partial charge < -0.3 is 5.32 Å². The smallest absolute Gasteiger partial charge is 0.349 e. The summed E-state index contributed by atoms with van der Waals surface area (Å²) in [4.78, 5) is 11.9. The van der Waals surface area contributed by atoms with E-state index in [4.69, 9.17) is 0 Å². The van der Waals surface area contributed by atoms with E-state index in [2.05, 4.69) is 5.32 Å². The first-order valence-corrected chi connectivity index (χ1v) is 6.47. The highest BCUT2D eigenvalue weighted by molar-refractivity contribution is 5.94. The topological polar surface area (TPSA) is 29.1 Å². The second-order valence-corrected chi connectivity index (χ2v) is 5.12. The average molecular weight is 289 g/mol. The minimum Gasteiger partial charge on any atom is -0.349 e. The van der Waals surface area contributed by atoms with Crippen LogP contribution in [0, 0.1) is 11.7 Å². The predicted molar refractivity (Wildman–Crippen MR) is 65.7 cm³/mol. The maximum atomic E-state index is 13.8. The van der Waals surface area contributed by atoms with Crippen molar-refractivity contribution in [1.29, 1.82) is 0 Å². The highest BCUT2D eigenvalue weighted by Crippen LogP contribution is 2.33. The Morgan fingerprint density at radius 3 is 2.50 bits per heavy atom. The minimum absolute atomic E-state index is 0.162. The van der Waals surface area contributed by atoms with Gasteiger partial charge in [-0.05, 0) is 37.8 Å². The van der Waals surface area contributed by atoms with Crippen LogP contribution < -0.4 is 5.32 Å². The van der Waals surface area contributed by atoms with Crippen molar-refractivity contribution in [1.82, 2.24) is 5.32 Å². The van der Waals surface area contributed by atoms with Gasteiger partial charge in [-0.3, -0.25) is 4.79 Å². The van der Waals surface area contributed by atoms with E-state index in [9.17, 15) is 22.4 Å². The quantitative estimate of drug-likeness (QED) is 0.843. The van der Waals surface area contributed by atoms with Crippen LogP contribution in [0.15, 0.2) is 18.2 Å². The summed E-state index contributed by atoms with van der Waals surface area (Å²) < 4.78 is 51.5. The number of benzene rings is 1. The van der Waals surface area contributed by atoms with Gasteiger partial charge >= 0.3 is 6.18 Å². The zero-order valence-corrected chi connectivity index (χ0v) is 10.9. The molecule has 1 aliphatic rings. The zero-order valence-electron chi connectivity index (χ0n) is 10.9. The van der Waals surface area contributed by atoms with Gasteiger partial charge in [0.2, 0.25) is 0 Å². The lowest BCUT2D eigenvalue weighted by Gasteiger charge is -2.31. The fourth-order valence-corrected chi connectivity index (χ4v) is 2.27. The molecule has 0 aromatic heterocycles. The van der Waals surface area contributed by atoms with Crippen LogP contribution >= 0.6 is 0 Å². The Hall–Kier alpha value is -1.59. The molecule has 0 heterocycles.